The van der Waals surface area contributed by atoms with Crippen molar-refractivity contribution in [2.45, 2.75) is 45.3 Å². The molecule has 0 aromatic heterocycles. The van der Waals surface area contributed by atoms with Crippen molar-refractivity contribution in [1.29, 1.82) is 0 Å². The van der Waals surface area contributed by atoms with Gasteiger partial charge in [-0.2, -0.15) is 0 Å². The van der Waals surface area contributed by atoms with Crippen molar-refractivity contribution in [2.24, 2.45) is 0 Å². The van der Waals surface area contributed by atoms with Crippen molar-refractivity contribution >= 4 is 11.9 Å². The van der Waals surface area contributed by atoms with Gasteiger partial charge in [-0.25, -0.2) is 9.80 Å². The van der Waals surface area contributed by atoms with Gasteiger partial charge in [-0.15, -0.1) is 0 Å². The summed E-state index contributed by atoms with van der Waals surface area (Å²) in [5.41, 5.74) is 2.83. The van der Waals surface area contributed by atoms with Crippen molar-refractivity contribution < 1.29 is 19.1 Å². The molecule has 106 valence electrons. The molecular formula is C13H20N2O4. The Hall–Kier alpha value is -1.56. The molecule has 0 spiro atoms. The van der Waals surface area contributed by atoms with Crippen molar-refractivity contribution in [3.63, 3.8) is 0 Å². The molecule has 2 heterocycles. The Bertz CT molecular complexity index is 397. The van der Waals surface area contributed by atoms with Crippen LogP contribution in [-0.2, 0) is 19.1 Å². The number of carbonyl (C=O) groups is 2. The zero-order chi connectivity index (χ0) is 13.9. The highest BCUT2D eigenvalue weighted by molar-refractivity contribution is 5.86. The molecule has 6 heteroatoms. The molecule has 19 heavy (non-hydrogen) atoms. The number of amides is 1. The smallest absolute Gasteiger partial charge is 0.337 e. The number of hydrogen-bond donors (Lipinski definition) is 1. The Morgan fingerprint density at radius 2 is 2.00 bits per heavy atom. The van der Waals surface area contributed by atoms with Crippen LogP contribution in [0.5, 0.6) is 0 Å². The molecule has 2 aliphatic heterocycles. The van der Waals surface area contributed by atoms with Gasteiger partial charge in [0, 0.05) is 26.9 Å². The highest BCUT2D eigenvalue weighted by Crippen LogP contribution is 2.23. The molecule has 1 N–H and O–H groups in total. The van der Waals surface area contributed by atoms with E-state index >= 15 is 0 Å². The number of hydrogen-bond acceptors (Lipinski definition) is 5. The topological polar surface area (TPSA) is 67.9 Å². The summed E-state index contributed by atoms with van der Waals surface area (Å²) in [6, 6.07) is 0. The van der Waals surface area contributed by atoms with Crippen LogP contribution < -0.4 is 5.43 Å². The maximum atomic E-state index is 11.9. The van der Waals surface area contributed by atoms with Crippen LogP contribution in [0.2, 0.25) is 0 Å². The van der Waals surface area contributed by atoms with Gasteiger partial charge < -0.3 is 9.47 Å². The molecule has 0 atom stereocenters. The van der Waals surface area contributed by atoms with E-state index in [1.54, 1.807) is 13.8 Å². The summed E-state index contributed by atoms with van der Waals surface area (Å²) in [6.45, 7) is 5.03. The normalized spacial score (nSPS) is 23.1. The molecule has 0 bridgehead atoms. The lowest BCUT2D eigenvalue weighted by molar-refractivity contribution is -0.205. The van der Waals surface area contributed by atoms with Crippen molar-refractivity contribution in [1.82, 2.24) is 10.4 Å². The van der Waals surface area contributed by atoms with E-state index in [0.717, 1.165) is 25.9 Å². The molecule has 1 saturated heterocycles. The number of piperidine rings is 1. The summed E-state index contributed by atoms with van der Waals surface area (Å²) >= 11 is 0. The first kappa shape index (κ1) is 13.9. The Kier molecular flexibility index (Phi) is 4.09. The standard InChI is InChI=1S/C13H20N2O4/c1-13(2)18-10(9-12(17)19-13)8-11(16)14-15-6-4-3-5-7-15/h9H,3-8H2,1-2H3,(H,14,16). The predicted molar refractivity (Wildman–Crippen MR) is 67.5 cm³/mol. The fourth-order valence-electron chi connectivity index (χ4n) is 2.24. The number of esters is 1. The number of carbonyl (C=O) groups excluding carboxylic acids is 2. The fourth-order valence-corrected chi connectivity index (χ4v) is 2.24. The van der Waals surface area contributed by atoms with E-state index < -0.39 is 11.8 Å². The SMILES string of the molecule is CC1(C)OC(=O)C=C(CC(=O)NN2CCCCC2)O1. The van der Waals surface area contributed by atoms with E-state index in [1.165, 1.54) is 12.5 Å². The zero-order valence-corrected chi connectivity index (χ0v) is 11.4. The number of hydrazine groups is 1. The molecule has 0 aliphatic carbocycles. The van der Waals surface area contributed by atoms with Gasteiger partial charge >= 0.3 is 5.97 Å². The average Bonchev–Trinajstić information content (AvgIpc) is 2.26. The Labute approximate surface area is 112 Å². The predicted octanol–water partition coefficient (Wildman–Crippen LogP) is 1.09. The number of nitrogens with one attached hydrogen (secondary N) is 1. The Morgan fingerprint density at radius 1 is 1.32 bits per heavy atom. The van der Waals surface area contributed by atoms with Gasteiger partial charge in [-0.05, 0) is 12.8 Å². The number of rotatable bonds is 3. The second-order valence-corrected chi connectivity index (χ2v) is 5.29. The number of cyclic esters (lactones) is 1. The van der Waals surface area contributed by atoms with Crippen LogP contribution in [0, 0.1) is 0 Å². The summed E-state index contributed by atoms with van der Waals surface area (Å²) in [4.78, 5) is 23.2. The van der Waals surface area contributed by atoms with Crippen LogP contribution >= 0.6 is 0 Å². The molecule has 0 radical (unpaired) electrons. The van der Waals surface area contributed by atoms with Gasteiger partial charge in [-0.1, -0.05) is 6.42 Å². The third-order valence-electron chi connectivity index (χ3n) is 2.98. The molecule has 0 aromatic carbocycles. The molecule has 6 nitrogen and oxygen atoms in total. The molecule has 2 aliphatic rings. The molecule has 2 rings (SSSR count). The Balaban J connectivity index is 1.86. The van der Waals surface area contributed by atoms with E-state index in [9.17, 15) is 9.59 Å². The minimum Gasteiger partial charge on any atom is -0.456 e. The fraction of sp³-hybridized carbons (Fsp3) is 0.692. The maximum absolute atomic E-state index is 11.9. The van der Waals surface area contributed by atoms with Gasteiger partial charge in [0.05, 0.1) is 12.5 Å². The minimum absolute atomic E-state index is 0.0506. The van der Waals surface area contributed by atoms with Crippen LogP contribution in [-0.4, -0.2) is 35.8 Å². The first-order valence-corrected chi connectivity index (χ1v) is 6.62. The van der Waals surface area contributed by atoms with Gasteiger partial charge in [0.2, 0.25) is 11.7 Å². The van der Waals surface area contributed by atoms with E-state index in [1.807, 2.05) is 5.01 Å². The van der Waals surface area contributed by atoms with Crippen molar-refractivity contribution in [3.8, 4) is 0 Å². The molecule has 0 unspecified atom stereocenters. The molecule has 1 amide bonds. The van der Waals surface area contributed by atoms with Gasteiger partial charge in [0.15, 0.2) is 0 Å². The third kappa shape index (κ3) is 4.24. The van der Waals surface area contributed by atoms with E-state index in [2.05, 4.69) is 5.43 Å². The number of ether oxygens (including phenoxy) is 2. The van der Waals surface area contributed by atoms with Gasteiger partial charge in [-0.3, -0.25) is 10.2 Å². The summed E-state index contributed by atoms with van der Waals surface area (Å²) in [6.07, 6.45) is 4.67. The van der Waals surface area contributed by atoms with Gasteiger partial charge in [0.1, 0.15) is 5.76 Å². The van der Waals surface area contributed by atoms with E-state index in [-0.39, 0.29) is 12.3 Å². The summed E-state index contributed by atoms with van der Waals surface area (Å²) < 4.78 is 10.4. The van der Waals surface area contributed by atoms with Crippen molar-refractivity contribution in [2.75, 3.05) is 13.1 Å². The van der Waals surface area contributed by atoms with Crippen LogP contribution in [0.25, 0.3) is 0 Å². The zero-order valence-electron chi connectivity index (χ0n) is 11.4. The van der Waals surface area contributed by atoms with Crippen LogP contribution in [0.3, 0.4) is 0 Å². The first-order valence-electron chi connectivity index (χ1n) is 6.62. The van der Waals surface area contributed by atoms with Gasteiger partial charge in [0.25, 0.3) is 0 Å². The van der Waals surface area contributed by atoms with Crippen LogP contribution in [0.15, 0.2) is 11.8 Å². The highest BCUT2D eigenvalue weighted by Gasteiger charge is 2.31. The molecule has 0 saturated carbocycles. The second-order valence-electron chi connectivity index (χ2n) is 5.29. The monoisotopic (exact) mass is 268 g/mol. The molecule has 1 fully saturated rings. The summed E-state index contributed by atoms with van der Waals surface area (Å²) in [7, 11) is 0. The molecular weight excluding hydrogens is 248 g/mol. The van der Waals surface area contributed by atoms with E-state index in [4.69, 9.17) is 9.47 Å². The number of nitrogens with zero attached hydrogens (tertiary/aromatic N) is 1. The Morgan fingerprint density at radius 3 is 2.63 bits per heavy atom. The summed E-state index contributed by atoms with van der Waals surface area (Å²) in [5, 5.41) is 1.92. The highest BCUT2D eigenvalue weighted by atomic mass is 16.7. The summed E-state index contributed by atoms with van der Waals surface area (Å²) in [5.74, 6) is -1.31. The minimum atomic E-state index is -1.01. The van der Waals surface area contributed by atoms with E-state index in [0.29, 0.717) is 5.76 Å². The lowest BCUT2D eigenvalue weighted by atomic mass is 10.2. The maximum Gasteiger partial charge on any atom is 0.337 e. The largest absolute Gasteiger partial charge is 0.456 e. The first-order chi connectivity index (χ1) is 8.94. The quantitative estimate of drug-likeness (QED) is 0.776. The molecule has 0 aromatic rings. The third-order valence-corrected chi connectivity index (χ3v) is 2.98. The average molecular weight is 268 g/mol. The van der Waals surface area contributed by atoms with Crippen molar-refractivity contribution in [3.05, 3.63) is 11.8 Å². The van der Waals surface area contributed by atoms with Crippen LogP contribution in [0.1, 0.15) is 39.5 Å². The lowest BCUT2D eigenvalue weighted by Gasteiger charge is -2.31. The lowest BCUT2D eigenvalue weighted by Crippen LogP contribution is -2.45. The van der Waals surface area contributed by atoms with Crippen LogP contribution in [0.4, 0.5) is 0 Å². The second kappa shape index (κ2) is 5.61.